The molecule has 1 atom stereocenters. The molecule has 8 nitrogen and oxygen atoms in total. The number of aryl methyl sites for hydroxylation is 2. The molecule has 1 amide bonds. The van der Waals surface area contributed by atoms with Crippen LogP contribution < -0.4 is 5.32 Å². The highest BCUT2D eigenvalue weighted by Crippen LogP contribution is 2.00. The highest BCUT2D eigenvalue weighted by atomic mass is 16.5. The van der Waals surface area contributed by atoms with E-state index in [1.54, 1.807) is 6.92 Å². The van der Waals surface area contributed by atoms with Gasteiger partial charge in [0.2, 0.25) is 11.8 Å². The van der Waals surface area contributed by atoms with E-state index in [-0.39, 0.29) is 25.3 Å². The van der Waals surface area contributed by atoms with Crippen molar-refractivity contribution in [2.24, 2.45) is 0 Å². The first-order valence-electron chi connectivity index (χ1n) is 5.81. The third-order valence-electron chi connectivity index (χ3n) is 2.40. The first-order chi connectivity index (χ1) is 9.01. The molecule has 0 aliphatic carbocycles. The van der Waals surface area contributed by atoms with Crippen molar-refractivity contribution in [3.63, 3.8) is 0 Å². The van der Waals surface area contributed by atoms with Crippen LogP contribution in [0.3, 0.4) is 0 Å². The number of methoxy groups -OCH3 is 1. The Morgan fingerprint density at radius 3 is 2.79 bits per heavy atom. The summed E-state index contributed by atoms with van der Waals surface area (Å²) in [6.45, 7) is 1.85. The van der Waals surface area contributed by atoms with Crippen LogP contribution in [0.15, 0.2) is 4.52 Å². The molecule has 0 spiro atoms. The second-order valence-corrected chi connectivity index (χ2v) is 3.99. The SMILES string of the molecule is COC(CNC(=O)CCc1nc(C)no1)CC(=O)O. The second kappa shape index (κ2) is 7.47. The Kier molecular flexibility index (Phi) is 5.94. The normalized spacial score (nSPS) is 12.1. The minimum atomic E-state index is -0.970. The van der Waals surface area contributed by atoms with Crippen molar-refractivity contribution in [3.05, 3.63) is 11.7 Å². The van der Waals surface area contributed by atoms with E-state index in [2.05, 4.69) is 15.5 Å². The van der Waals surface area contributed by atoms with Gasteiger partial charge in [-0.25, -0.2) is 0 Å². The lowest BCUT2D eigenvalue weighted by molar-refractivity contribution is -0.140. The molecule has 0 bridgehead atoms. The smallest absolute Gasteiger partial charge is 0.306 e. The number of carbonyl (C=O) groups is 2. The van der Waals surface area contributed by atoms with Crippen LogP contribution in [0, 0.1) is 6.92 Å². The Labute approximate surface area is 110 Å². The van der Waals surface area contributed by atoms with Gasteiger partial charge in [-0.05, 0) is 6.92 Å². The molecule has 106 valence electrons. The van der Waals surface area contributed by atoms with Gasteiger partial charge in [-0.2, -0.15) is 4.98 Å². The molecule has 0 saturated carbocycles. The Bertz CT molecular complexity index is 432. The van der Waals surface area contributed by atoms with Crippen molar-refractivity contribution in [2.75, 3.05) is 13.7 Å². The second-order valence-electron chi connectivity index (χ2n) is 3.99. The summed E-state index contributed by atoms with van der Waals surface area (Å²) in [5.41, 5.74) is 0. The predicted octanol–water partition coefficient (Wildman–Crippen LogP) is -0.0835. The number of hydrogen-bond acceptors (Lipinski definition) is 6. The van der Waals surface area contributed by atoms with Gasteiger partial charge in [0.25, 0.3) is 0 Å². The van der Waals surface area contributed by atoms with Gasteiger partial charge < -0.3 is 19.7 Å². The first kappa shape index (κ1) is 15.1. The van der Waals surface area contributed by atoms with Crippen molar-refractivity contribution in [1.29, 1.82) is 0 Å². The van der Waals surface area contributed by atoms with Crippen LogP contribution in [0.4, 0.5) is 0 Å². The van der Waals surface area contributed by atoms with E-state index in [9.17, 15) is 9.59 Å². The van der Waals surface area contributed by atoms with Crippen LogP contribution in [0.1, 0.15) is 24.6 Å². The monoisotopic (exact) mass is 271 g/mol. The van der Waals surface area contributed by atoms with Gasteiger partial charge in [-0.15, -0.1) is 0 Å². The van der Waals surface area contributed by atoms with Gasteiger partial charge in [0.15, 0.2) is 5.82 Å². The zero-order valence-corrected chi connectivity index (χ0v) is 10.9. The molecule has 1 heterocycles. The molecule has 2 N–H and O–H groups in total. The minimum Gasteiger partial charge on any atom is -0.481 e. The third kappa shape index (κ3) is 5.96. The van der Waals surface area contributed by atoms with E-state index in [1.165, 1.54) is 7.11 Å². The molecule has 1 rings (SSSR count). The van der Waals surface area contributed by atoms with E-state index >= 15 is 0 Å². The number of nitrogens with zero attached hydrogens (tertiary/aromatic N) is 2. The number of carboxylic acids is 1. The van der Waals surface area contributed by atoms with Crippen LogP contribution in [0.2, 0.25) is 0 Å². The standard InChI is InChI=1S/C11H17N3O5/c1-7-13-10(19-14-7)4-3-9(15)12-6-8(18-2)5-11(16)17/h8H,3-6H2,1-2H3,(H,12,15)(H,16,17). The fourth-order valence-corrected chi connectivity index (χ4v) is 1.41. The lowest BCUT2D eigenvalue weighted by Gasteiger charge is -2.13. The molecular weight excluding hydrogens is 254 g/mol. The van der Waals surface area contributed by atoms with Crippen LogP contribution in [0.25, 0.3) is 0 Å². The van der Waals surface area contributed by atoms with Crippen molar-refractivity contribution in [2.45, 2.75) is 32.3 Å². The van der Waals surface area contributed by atoms with Crippen LogP contribution in [-0.2, 0) is 20.7 Å². The predicted molar refractivity (Wildman–Crippen MR) is 63.4 cm³/mol. The molecule has 19 heavy (non-hydrogen) atoms. The van der Waals surface area contributed by atoms with Gasteiger partial charge in [0, 0.05) is 26.5 Å². The van der Waals surface area contributed by atoms with Crippen molar-refractivity contribution < 1.29 is 24.0 Å². The van der Waals surface area contributed by atoms with E-state index in [4.69, 9.17) is 14.4 Å². The van der Waals surface area contributed by atoms with Gasteiger partial charge in [-0.3, -0.25) is 9.59 Å². The Morgan fingerprint density at radius 2 is 2.26 bits per heavy atom. The Balaban J connectivity index is 2.25. The summed E-state index contributed by atoms with van der Waals surface area (Å²) < 4.78 is 9.81. The lowest BCUT2D eigenvalue weighted by Crippen LogP contribution is -2.34. The van der Waals surface area contributed by atoms with Gasteiger partial charge >= 0.3 is 5.97 Å². The molecule has 0 aliphatic rings. The quantitative estimate of drug-likeness (QED) is 0.679. The van der Waals surface area contributed by atoms with Crippen LogP contribution in [-0.4, -0.2) is 46.9 Å². The number of aliphatic carboxylic acids is 1. The van der Waals surface area contributed by atoms with E-state index in [0.717, 1.165) is 0 Å². The molecule has 1 aromatic heterocycles. The molecular formula is C11H17N3O5. The van der Waals surface area contributed by atoms with Crippen LogP contribution >= 0.6 is 0 Å². The maximum absolute atomic E-state index is 11.5. The largest absolute Gasteiger partial charge is 0.481 e. The molecule has 0 saturated heterocycles. The first-order valence-corrected chi connectivity index (χ1v) is 5.81. The molecule has 0 aliphatic heterocycles. The van der Waals surface area contributed by atoms with E-state index in [1.807, 2.05) is 0 Å². The lowest BCUT2D eigenvalue weighted by atomic mass is 10.2. The molecule has 0 fully saturated rings. The number of carboxylic acid groups (broad SMARTS) is 1. The Hall–Kier alpha value is -1.96. The number of carbonyl (C=O) groups excluding carboxylic acids is 1. The number of ether oxygens (including phenoxy) is 1. The molecule has 1 aromatic rings. The number of nitrogens with one attached hydrogen (secondary N) is 1. The minimum absolute atomic E-state index is 0.153. The number of rotatable bonds is 8. The van der Waals surface area contributed by atoms with Crippen molar-refractivity contribution in [3.8, 4) is 0 Å². The summed E-state index contributed by atoms with van der Waals surface area (Å²) in [4.78, 5) is 26.0. The van der Waals surface area contributed by atoms with Gasteiger partial charge in [0.05, 0.1) is 12.5 Å². The average Bonchev–Trinajstić information content (AvgIpc) is 2.77. The molecule has 1 unspecified atom stereocenters. The summed E-state index contributed by atoms with van der Waals surface area (Å²) in [6.07, 6.45) is -0.138. The summed E-state index contributed by atoms with van der Waals surface area (Å²) in [7, 11) is 1.40. The highest BCUT2D eigenvalue weighted by molar-refractivity contribution is 5.76. The topological polar surface area (TPSA) is 115 Å². The fourth-order valence-electron chi connectivity index (χ4n) is 1.41. The number of hydrogen-bond donors (Lipinski definition) is 2. The zero-order valence-electron chi connectivity index (χ0n) is 10.9. The third-order valence-corrected chi connectivity index (χ3v) is 2.40. The van der Waals surface area contributed by atoms with Crippen molar-refractivity contribution >= 4 is 11.9 Å². The van der Waals surface area contributed by atoms with E-state index in [0.29, 0.717) is 18.1 Å². The van der Waals surface area contributed by atoms with Crippen LogP contribution in [0.5, 0.6) is 0 Å². The van der Waals surface area contributed by atoms with Crippen molar-refractivity contribution in [1.82, 2.24) is 15.5 Å². The zero-order chi connectivity index (χ0) is 14.3. The average molecular weight is 271 g/mol. The number of amides is 1. The summed E-state index contributed by atoms with van der Waals surface area (Å²) in [5.74, 6) is -0.261. The Morgan fingerprint density at radius 1 is 1.53 bits per heavy atom. The molecule has 8 heteroatoms. The molecule has 0 aromatic carbocycles. The summed E-state index contributed by atoms with van der Waals surface area (Å²) in [5, 5.41) is 14.8. The number of aromatic nitrogens is 2. The maximum atomic E-state index is 11.5. The maximum Gasteiger partial charge on any atom is 0.306 e. The summed E-state index contributed by atoms with van der Waals surface area (Å²) in [6, 6.07) is 0. The molecule has 0 radical (unpaired) electrons. The summed E-state index contributed by atoms with van der Waals surface area (Å²) >= 11 is 0. The fraction of sp³-hybridized carbons (Fsp3) is 0.636. The van der Waals surface area contributed by atoms with Gasteiger partial charge in [0.1, 0.15) is 0 Å². The van der Waals surface area contributed by atoms with Gasteiger partial charge in [-0.1, -0.05) is 5.16 Å². The van der Waals surface area contributed by atoms with E-state index < -0.39 is 12.1 Å². The highest BCUT2D eigenvalue weighted by Gasteiger charge is 2.14.